The van der Waals surface area contributed by atoms with Crippen LogP contribution in [-0.4, -0.2) is 34.1 Å². The van der Waals surface area contributed by atoms with Crippen molar-refractivity contribution >= 4 is 56.5 Å². The van der Waals surface area contributed by atoms with E-state index < -0.39 is 5.97 Å². The Morgan fingerprint density at radius 3 is 2.69 bits per heavy atom. The molecule has 1 aliphatic heterocycles. The SMILES string of the molecule is Cc1ccc(-c2ccc(/C=C3/SC(=Nc4cccc(C(=O)O)c4C)N(C)C3=O)o2)c(Br)c1. The van der Waals surface area contributed by atoms with Crippen LogP contribution < -0.4 is 0 Å². The Bertz CT molecular complexity index is 1310. The summed E-state index contributed by atoms with van der Waals surface area (Å²) in [5.74, 6) is 0.0438. The number of likely N-dealkylation sites (N-methyl/N-ethyl adjacent to an activating group) is 1. The topological polar surface area (TPSA) is 83.1 Å². The minimum atomic E-state index is -1.01. The maximum Gasteiger partial charge on any atom is 0.336 e. The first-order valence-electron chi connectivity index (χ1n) is 9.70. The van der Waals surface area contributed by atoms with E-state index in [-0.39, 0.29) is 11.5 Å². The summed E-state index contributed by atoms with van der Waals surface area (Å²) in [5, 5.41) is 9.80. The molecular formula is C24H19BrN2O4S. The highest BCUT2D eigenvalue weighted by atomic mass is 79.9. The van der Waals surface area contributed by atoms with Crippen molar-refractivity contribution in [2.24, 2.45) is 4.99 Å². The summed E-state index contributed by atoms with van der Waals surface area (Å²) in [6.07, 6.45) is 1.69. The Labute approximate surface area is 197 Å². The van der Waals surface area contributed by atoms with Crippen molar-refractivity contribution in [3.63, 3.8) is 0 Å². The van der Waals surface area contributed by atoms with Crippen LogP contribution in [0.4, 0.5) is 5.69 Å². The van der Waals surface area contributed by atoms with Crippen molar-refractivity contribution in [3.05, 3.63) is 80.4 Å². The molecule has 0 unspecified atom stereocenters. The van der Waals surface area contributed by atoms with E-state index in [1.807, 2.05) is 37.3 Å². The average molecular weight is 511 g/mol. The van der Waals surface area contributed by atoms with Gasteiger partial charge >= 0.3 is 5.97 Å². The Kier molecular flexibility index (Phi) is 6.08. The molecule has 0 radical (unpaired) electrons. The largest absolute Gasteiger partial charge is 0.478 e. The molecule has 1 aromatic heterocycles. The fourth-order valence-electron chi connectivity index (χ4n) is 3.26. The van der Waals surface area contributed by atoms with E-state index in [1.54, 1.807) is 32.2 Å². The van der Waals surface area contributed by atoms with Gasteiger partial charge in [0.15, 0.2) is 5.17 Å². The van der Waals surface area contributed by atoms with Crippen LogP contribution in [0.5, 0.6) is 0 Å². The quantitative estimate of drug-likeness (QED) is 0.418. The van der Waals surface area contributed by atoms with Gasteiger partial charge in [0.05, 0.1) is 16.2 Å². The molecule has 162 valence electrons. The normalized spacial score (nSPS) is 16.4. The Morgan fingerprint density at radius 1 is 1.19 bits per heavy atom. The van der Waals surface area contributed by atoms with Gasteiger partial charge in [-0.2, -0.15) is 0 Å². The van der Waals surface area contributed by atoms with E-state index in [1.165, 1.54) is 22.7 Å². The number of nitrogens with zero attached hydrogens (tertiary/aromatic N) is 2. The number of carboxylic acid groups (broad SMARTS) is 1. The molecule has 1 aliphatic rings. The first-order chi connectivity index (χ1) is 15.2. The minimum absolute atomic E-state index is 0.185. The summed E-state index contributed by atoms with van der Waals surface area (Å²) in [7, 11) is 1.64. The van der Waals surface area contributed by atoms with Gasteiger partial charge in [0.2, 0.25) is 0 Å². The molecule has 3 aromatic rings. The van der Waals surface area contributed by atoms with E-state index in [0.717, 1.165) is 15.6 Å². The zero-order valence-corrected chi connectivity index (χ0v) is 20.0. The summed E-state index contributed by atoms with van der Waals surface area (Å²) in [5.41, 5.74) is 3.31. The standard InChI is InChI=1S/C24H19BrN2O4S/c1-13-7-9-17(18(25)11-13)20-10-8-15(31-20)12-21-22(28)27(3)24(32-21)26-19-6-4-5-16(14(19)2)23(29)30/h4-12H,1-3H3,(H,29,30)/b21-12+,26-24?. The van der Waals surface area contributed by atoms with Crippen molar-refractivity contribution in [2.75, 3.05) is 7.05 Å². The molecule has 1 amide bonds. The number of halogens is 1. The van der Waals surface area contributed by atoms with Gasteiger partial charge in [0.1, 0.15) is 11.5 Å². The first-order valence-corrected chi connectivity index (χ1v) is 11.3. The zero-order chi connectivity index (χ0) is 23.0. The summed E-state index contributed by atoms with van der Waals surface area (Å²) in [6, 6.07) is 14.6. The molecule has 1 N–H and O–H groups in total. The second-order valence-corrected chi connectivity index (χ2v) is 9.17. The number of thioether (sulfide) groups is 1. The molecule has 0 spiro atoms. The highest BCUT2D eigenvalue weighted by molar-refractivity contribution is 9.10. The Hall–Kier alpha value is -3.10. The predicted octanol–water partition coefficient (Wildman–Crippen LogP) is 6.26. The van der Waals surface area contributed by atoms with Gasteiger partial charge in [-0.15, -0.1) is 0 Å². The van der Waals surface area contributed by atoms with E-state index in [0.29, 0.717) is 32.8 Å². The molecule has 0 bridgehead atoms. The number of benzene rings is 2. The molecule has 4 rings (SSSR count). The average Bonchev–Trinajstić information content (AvgIpc) is 3.30. The van der Waals surface area contributed by atoms with Gasteiger partial charge in [0.25, 0.3) is 5.91 Å². The molecule has 0 aliphatic carbocycles. The smallest absolute Gasteiger partial charge is 0.336 e. The lowest BCUT2D eigenvalue weighted by molar-refractivity contribution is -0.121. The fourth-order valence-corrected chi connectivity index (χ4v) is 4.90. The minimum Gasteiger partial charge on any atom is -0.478 e. The summed E-state index contributed by atoms with van der Waals surface area (Å²) >= 11 is 4.79. The van der Waals surface area contributed by atoms with Crippen molar-refractivity contribution in [1.29, 1.82) is 0 Å². The van der Waals surface area contributed by atoms with Crippen LogP contribution in [0.1, 0.15) is 27.2 Å². The maximum atomic E-state index is 12.8. The molecule has 0 atom stereocenters. The zero-order valence-electron chi connectivity index (χ0n) is 17.5. The van der Waals surface area contributed by atoms with Gasteiger partial charge in [-0.3, -0.25) is 9.69 Å². The number of aliphatic imine (C=N–C) groups is 1. The van der Waals surface area contributed by atoms with Crippen LogP contribution >= 0.6 is 27.7 Å². The van der Waals surface area contributed by atoms with Crippen LogP contribution in [0.15, 0.2) is 67.3 Å². The van der Waals surface area contributed by atoms with Gasteiger partial charge in [0, 0.05) is 23.2 Å². The number of amidine groups is 1. The lowest BCUT2D eigenvalue weighted by atomic mass is 10.1. The van der Waals surface area contributed by atoms with E-state index in [9.17, 15) is 14.7 Å². The Balaban J connectivity index is 1.62. The van der Waals surface area contributed by atoms with E-state index >= 15 is 0 Å². The molecule has 2 heterocycles. The van der Waals surface area contributed by atoms with Crippen LogP contribution in [0, 0.1) is 13.8 Å². The molecular weight excluding hydrogens is 492 g/mol. The number of amides is 1. The summed E-state index contributed by atoms with van der Waals surface area (Å²) < 4.78 is 6.89. The lowest BCUT2D eigenvalue weighted by Crippen LogP contribution is -2.23. The number of hydrogen-bond donors (Lipinski definition) is 1. The second kappa shape index (κ2) is 8.80. The lowest BCUT2D eigenvalue weighted by Gasteiger charge is -2.09. The van der Waals surface area contributed by atoms with E-state index in [4.69, 9.17) is 4.42 Å². The predicted molar refractivity (Wildman–Crippen MR) is 130 cm³/mol. The molecule has 8 heteroatoms. The van der Waals surface area contributed by atoms with Gasteiger partial charge in [-0.05, 0) is 73.1 Å². The summed E-state index contributed by atoms with van der Waals surface area (Å²) in [4.78, 5) is 30.6. The maximum absolute atomic E-state index is 12.8. The number of aromatic carboxylic acids is 1. The van der Waals surface area contributed by atoms with E-state index in [2.05, 4.69) is 20.9 Å². The number of carboxylic acids is 1. The molecule has 1 saturated heterocycles. The Morgan fingerprint density at radius 2 is 1.97 bits per heavy atom. The van der Waals surface area contributed by atoms with Crippen molar-refractivity contribution in [1.82, 2.24) is 4.90 Å². The van der Waals surface area contributed by atoms with Crippen LogP contribution in [-0.2, 0) is 4.79 Å². The third-order valence-electron chi connectivity index (χ3n) is 5.05. The molecule has 0 saturated carbocycles. The first kappa shape index (κ1) is 22.1. The molecule has 1 fully saturated rings. The van der Waals surface area contributed by atoms with Crippen LogP contribution in [0.3, 0.4) is 0 Å². The molecule has 32 heavy (non-hydrogen) atoms. The highest BCUT2D eigenvalue weighted by Gasteiger charge is 2.31. The highest BCUT2D eigenvalue weighted by Crippen LogP contribution is 2.36. The fraction of sp³-hybridized carbons (Fsp3) is 0.125. The molecule has 2 aromatic carbocycles. The summed E-state index contributed by atoms with van der Waals surface area (Å²) in [6.45, 7) is 3.72. The number of carbonyl (C=O) groups is 2. The van der Waals surface area contributed by atoms with Crippen LogP contribution in [0.2, 0.25) is 0 Å². The third-order valence-corrected chi connectivity index (χ3v) is 6.76. The van der Waals surface area contributed by atoms with Gasteiger partial charge in [-0.1, -0.05) is 28.1 Å². The van der Waals surface area contributed by atoms with Crippen molar-refractivity contribution in [3.8, 4) is 11.3 Å². The number of hydrogen-bond acceptors (Lipinski definition) is 5. The van der Waals surface area contributed by atoms with Gasteiger partial charge < -0.3 is 9.52 Å². The van der Waals surface area contributed by atoms with Crippen LogP contribution in [0.25, 0.3) is 17.4 Å². The number of carbonyl (C=O) groups excluding carboxylic acids is 1. The monoisotopic (exact) mass is 510 g/mol. The second-order valence-electron chi connectivity index (χ2n) is 7.31. The van der Waals surface area contributed by atoms with Crippen molar-refractivity contribution in [2.45, 2.75) is 13.8 Å². The number of furan rings is 1. The number of aryl methyl sites for hydroxylation is 1. The van der Waals surface area contributed by atoms with Gasteiger partial charge in [-0.25, -0.2) is 9.79 Å². The number of rotatable bonds is 4. The molecule has 6 nitrogen and oxygen atoms in total. The third kappa shape index (κ3) is 4.28. The van der Waals surface area contributed by atoms with Crippen molar-refractivity contribution < 1.29 is 19.1 Å².